The standard InChI is InChI=1S/C15H22N2O/c1-18-14-9-13(10-16-11-14)15(12-5-6-12)7-3-2-4-8-17-15/h9-12,17H,2-8H2,1H3. The molecule has 1 atom stereocenters. The Hall–Kier alpha value is -1.09. The topological polar surface area (TPSA) is 34.1 Å². The maximum Gasteiger partial charge on any atom is 0.137 e. The first kappa shape index (κ1) is 12.0. The molecule has 18 heavy (non-hydrogen) atoms. The van der Waals surface area contributed by atoms with Gasteiger partial charge < -0.3 is 10.1 Å². The second-order valence-electron chi connectivity index (χ2n) is 5.60. The summed E-state index contributed by atoms with van der Waals surface area (Å²) in [5.74, 6) is 1.67. The van der Waals surface area contributed by atoms with E-state index in [0.717, 1.165) is 18.2 Å². The van der Waals surface area contributed by atoms with E-state index < -0.39 is 0 Å². The van der Waals surface area contributed by atoms with E-state index in [1.165, 1.54) is 44.1 Å². The van der Waals surface area contributed by atoms with Crippen molar-refractivity contribution in [1.82, 2.24) is 10.3 Å². The number of ether oxygens (including phenoxy) is 1. The maximum atomic E-state index is 5.33. The molecule has 1 saturated heterocycles. The van der Waals surface area contributed by atoms with E-state index in [1.54, 1.807) is 13.3 Å². The predicted octanol–water partition coefficient (Wildman–Crippen LogP) is 2.86. The van der Waals surface area contributed by atoms with Crippen molar-refractivity contribution in [2.24, 2.45) is 5.92 Å². The quantitative estimate of drug-likeness (QED) is 0.890. The summed E-state index contributed by atoms with van der Waals surface area (Å²) < 4.78 is 5.33. The van der Waals surface area contributed by atoms with Crippen LogP contribution in [-0.2, 0) is 5.54 Å². The summed E-state index contributed by atoms with van der Waals surface area (Å²) in [5.41, 5.74) is 1.49. The average Bonchev–Trinajstić information content (AvgIpc) is 3.25. The van der Waals surface area contributed by atoms with Crippen LogP contribution in [0.3, 0.4) is 0 Å². The second kappa shape index (κ2) is 4.88. The lowest BCUT2D eigenvalue weighted by Gasteiger charge is -2.34. The van der Waals surface area contributed by atoms with Gasteiger partial charge in [0.25, 0.3) is 0 Å². The molecule has 0 radical (unpaired) electrons. The Bertz CT molecular complexity index is 407. The van der Waals surface area contributed by atoms with E-state index in [-0.39, 0.29) is 5.54 Å². The van der Waals surface area contributed by atoms with E-state index in [4.69, 9.17) is 4.74 Å². The lowest BCUT2D eigenvalue weighted by Crippen LogP contribution is -2.44. The fourth-order valence-corrected chi connectivity index (χ4v) is 3.29. The van der Waals surface area contributed by atoms with Crippen LogP contribution in [0.5, 0.6) is 5.75 Å². The molecule has 0 aromatic carbocycles. The van der Waals surface area contributed by atoms with Gasteiger partial charge in [-0.15, -0.1) is 0 Å². The molecule has 2 heterocycles. The summed E-state index contributed by atoms with van der Waals surface area (Å²) in [4.78, 5) is 4.35. The number of aromatic nitrogens is 1. The largest absolute Gasteiger partial charge is 0.495 e. The molecule has 0 spiro atoms. The number of nitrogens with zero attached hydrogens (tertiary/aromatic N) is 1. The molecular weight excluding hydrogens is 224 g/mol. The molecule has 0 amide bonds. The van der Waals surface area contributed by atoms with E-state index in [0.29, 0.717) is 0 Å². The normalized spacial score (nSPS) is 28.7. The minimum atomic E-state index is 0.165. The minimum Gasteiger partial charge on any atom is -0.495 e. The highest BCUT2D eigenvalue weighted by Gasteiger charge is 2.46. The van der Waals surface area contributed by atoms with Crippen LogP contribution in [-0.4, -0.2) is 18.6 Å². The SMILES string of the molecule is COc1cncc(C2(C3CC3)CCCCCN2)c1. The monoisotopic (exact) mass is 246 g/mol. The van der Waals surface area contributed by atoms with Gasteiger partial charge in [-0.25, -0.2) is 0 Å². The summed E-state index contributed by atoms with van der Waals surface area (Å²) >= 11 is 0. The van der Waals surface area contributed by atoms with Crippen molar-refractivity contribution in [2.75, 3.05) is 13.7 Å². The van der Waals surface area contributed by atoms with Crippen molar-refractivity contribution in [3.63, 3.8) is 0 Å². The Balaban J connectivity index is 1.96. The van der Waals surface area contributed by atoms with Gasteiger partial charge in [0.15, 0.2) is 0 Å². The number of nitrogens with one attached hydrogen (secondary N) is 1. The van der Waals surface area contributed by atoms with E-state index >= 15 is 0 Å². The Morgan fingerprint density at radius 2 is 2.17 bits per heavy atom. The molecule has 3 rings (SSSR count). The molecule has 1 aliphatic carbocycles. The van der Waals surface area contributed by atoms with Gasteiger partial charge in [0.05, 0.1) is 13.3 Å². The molecule has 98 valence electrons. The van der Waals surface area contributed by atoms with E-state index in [9.17, 15) is 0 Å². The van der Waals surface area contributed by atoms with Crippen LogP contribution in [0, 0.1) is 5.92 Å². The van der Waals surface area contributed by atoms with Gasteiger partial charge in [-0.1, -0.05) is 12.8 Å². The van der Waals surface area contributed by atoms with Crippen LogP contribution in [0.15, 0.2) is 18.5 Å². The van der Waals surface area contributed by atoms with Gasteiger partial charge in [0.1, 0.15) is 5.75 Å². The summed E-state index contributed by atoms with van der Waals surface area (Å²) in [5, 5.41) is 3.83. The third-order valence-electron chi connectivity index (χ3n) is 4.43. The second-order valence-corrected chi connectivity index (χ2v) is 5.60. The number of rotatable bonds is 3. The maximum absolute atomic E-state index is 5.33. The Morgan fingerprint density at radius 1 is 1.28 bits per heavy atom. The van der Waals surface area contributed by atoms with E-state index in [2.05, 4.69) is 16.4 Å². The van der Waals surface area contributed by atoms with Gasteiger partial charge in [0, 0.05) is 11.7 Å². The predicted molar refractivity (Wildman–Crippen MR) is 71.7 cm³/mol. The van der Waals surface area contributed by atoms with Gasteiger partial charge in [-0.3, -0.25) is 4.98 Å². The number of hydrogen-bond acceptors (Lipinski definition) is 3. The molecule has 1 saturated carbocycles. The van der Waals surface area contributed by atoms with Gasteiger partial charge in [-0.2, -0.15) is 0 Å². The van der Waals surface area contributed by atoms with Crippen molar-refractivity contribution in [1.29, 1.82) is 0 Å². The first-order valence-corrected chi connectivity index (χ1v) is 7.10. The fourth-order valence-electron chi connectivity index (χ4n) is 3.29. The number of hydrogen-bond donors (Lipinski definition) is 1. The van der Waals surface area contributed by atoms with Crippen molar-refractivity contribution in [3.05, 3.63) is 24.0 Å². The molecule has 2 aliphatic rings. The van der Waals surface area contributed by atoms with Crippen LogP contribution < -0.4 is 10.1 Å². The highest BCUT2D eigenvalue weighted by atomic mass is 16.5. The first-order chi connectivity index (χ1) is 8.85. The molecule has 1 aliphatic heterocycles. The highest BCUT2D eigenvalue weighted by Crippen LogP contribution is 2.49. The summed E-state index contributed by atoms with van der Waals surface area (Å²) in [6, 6.07) is 2.17. The zero-order valence-corrected chi connectivity index (χ0v) is 11.1. The number of methoxy groups -OCH3 is 1. The zero-order valence-electron chi connectivity index (χ0n) is 11.1. The Kier molecular flexibility index (Phi) is 3.25. The zero-order chi connectivity index (χ0) is 12.4. The van der Waals surface area contributed by atoms with Crippen LogP contribution in [0.1, 0.15) is 44.1 Å². The lowest BCUT2D eigenvalue weighted by atomic mass is 9.82. The number of pyridine rings is 1. The summed E-state index contributed by atoms with van der Waals surface area (Å²) in [6.07, 6.45) is 11.7. The summed E-state index contributed by atoms with van der Waals surface area (Å²) in [7, 11) is 1.71. The third-order valence-corrected chi connectivity index (χ3v) is 4.43. The van der Waals surface area contributed by atoms with Crippen LogP contribution >= 0.6 is 0 Å². The van der Waals surface area contributed by atoms with Gasteiger partial charge in [-0.05, 0) is 49.8 Å². The van der Waals surface area contributed by atoms with Crippen molar-refractivity contribution >= 4 is 0 Å². The van der Waals surface area contributed by atoms with Crippen LogP contribution in [0.25, 0.3) is 0 Å². The van der Waals surface area contributed by atoms with Gasteiger partial charge >= 0.3 is 0 Å². The van der Waals surface area contributed by atoms with Crippen molar-refractivity contribution in [2.45, 2.75) is 44.1 Å². The van der Waals surface area contributed by atoms with Crippen LogP contribution in [0.4, 0.5) is 0 Å². The highest BCUT2D eigenvalue weighted by molar-refractivity contribution is 5.31. The molecule has 1 N–H and O–H groups in total. The molecule has 0 bridgehead atoms. The smallest absolute Gasteiger partial charge is 0.137 e. The average molecular weight is 246 g/mol. The molecular formula is C15H22N2O. The van der Waals surface area contributed by atoms with Crippen molar-refractivity contribution < 1.29 is 4.74 Å². The van der Waals surface area contributed by atoms with Crippen molar-refractivity contribution in [3.8, 4) is 5.75 Å². The first-order valence-electron chi connectivity index (χ1n) is 7.10. The molecule has 3 heteroatoms. The van der Waals surface area contributed by atoms with Crippen LogP contribution in [0.2, 0.25) is 0 Å². The third kappa shape index (κ3) is 2.12. The molecule has 3 nitrogen and oxygen atoms in total. The Labute approximate surface area is 109 Å². The molecule has 1 unspecified atom stereocenters. The minimum absolute atomic E-state index is 0.165. The lowest BCUT2D eigenvalue weighted by molar-refractivity contribution is 0.276. The fraction of sp³-hybridized carbons (Fsp3) is 0.667. The Morgan fingerprint density at radius 3 is 2.94 bits per heavy atom. The molecule has 2 fully saturated rings. The molecule has 1 aromatic rings. The molecule has 1 aromatic heterocycles. The van der Waals surface area contributed by atoms with E-state index in [1.807, 2.05) is 6.20 Å². The van der Waals surface area contributed by atoms with Gasteiger partial charge in [0.2, 0.25) is 0 Å². The summed E-state index contributed by atoms with van der Waals surface area (Å²) in [6.45, 7) is 1.13.